The second-order valence-corrected chi connectivity index (χ2v) is 5.28. The van der Waals surface area contributed by atoms with Crippen molar-refractivity contribution in [2.45, 2.75) is 26.9 Å². The summed E-state index contributed by atoms with van der Waals surface area (Å²) >= 11 is 0. The molecule has 1 aromatic rings. The molecule has 0 bridgehead atoms. The van der Waals surface area contributed by atoms with Gasteiger partial charge in [0.2, 0.25) is 5.91 Å². The number of nitrogens with zero attached hydrogens (tertiary/aromatic N) is 1. The highest BCUT2D eigenvalue weighted by Crippen LogP contribution is 2.16. The molecule has 1 amide bonds. The fourth-order valence-electron chi connectivity index (χ4n) is 1.69. The minimum Gasteiger partial charge on any atom is -0.398 e. The minimum absolute atomic E-state index is 0.0553. The number of benzene rings is 1. The third-order valence-electron chi connectivity index (χ3n) is 2.90. The van der Waals surface area contributed by atoms with E-state index < -0.39 is 0 Å². The molecule has 0 fully saturated rings. The molecule has 0 unspecified atom stereocenters. The Labute approximate surface area is 121 Å². The lowest BCUT2D eigenvalue weighted by molar-refractivity contribution is -0.117. The largest absolute Gasteiger partial charge is 0.398 e. The van der Waals surface area contributed by atoms with Crippen molar-refractivity contribution in [2.24, 2.45) is 0 Å². The number of nitrogen functional groups attached to an aromatic ring is 1. The van der Waals surface area contributed by atoms with Gasteiger partial charge in [0.25, 0.3) is 0 Å². The topological polar surface area (TPSA) is 67.6 Å². The van der Waals surface area contributed by atoms with E-state index >= 15 is 0 Å². The number of rotatable bonds is 7. The van der Waals surface area contributed by atoms with Crippen molar-refractivity contribution in [1.82, 2.24) is 4.90 Å². The van der Waals surface area contributed by atoms with Crippen molar-refractivity contribution in [1.29, 1.82) is 0 Å². The Bertz CT molecular complexity index is 447. The number of aryl methyl sites for hydroxylation is 1. The van der Waals surface area contributed by atoms with Crippen LogP contribution >= 0.6 is 0 Å². The Morgan fingerprint density at radius 2 is 2.15 bits per heavy atom. The molecular weight excluding hydrogens is 254 g/mol. The van der Waals surface area contributed by atoms with Crippen LogP contribution in [0.15, 0.2) is 18.2 Å². The van der Waals surface area contributed by atoms with E-state index in [9.17, 15) is 4.79 Å². The Morgan fingerprint density at radius 1 is 1.45 bits per heavy atom. The van der Waals surface area contributed by atoms with Gasteiger partial charge >= 0.3 is 0 Å². The third-order valence-corrected chi connectivity index (χ3v) is 2.90. The van der Waals surface area contributed by atoms with Gasteiger partial charge in [-0.3, -0.25) is 9.69 Å². The van der Waals surface area contributed by atoms with Gasteiger partial charge in [-0.25, -0.2) is 0 Å². The van der Waals surface area contributed by atoms with Gasteiger partial charge in [-0.2, -0.15) is 0 Å². The molecule has 3 N–H and O–H groups in total. The molecule has 1 aromatic carbocycles. The van der Waals surface area contributed by atoms with Gasteiger partial charge in [0.1, 0.15) is 0 Å². The van der Waals surface area contributed by atoms with Crippen LogP contribution in [0.25, 0.3) is 0 Å². The Morgan fingerprint density at radius 3 is 2.75 bits per heavy atom. The first-order chi connectivity index (χ1) is 9.38. The molecule has 1 rings (SSSR count). The van der Waals surface area contributed by atoms with Crippen molar-refractivity contribution < 1.29 is 9.53 Å². The van der Waals surface area contributed by atoms with Crippen molar-refractivity contribution in [3.05, 3.63) is 23.8 Å². The molecule has 0 saturated carbocycles. The minimum atomic E-state index is -0.0553. The maximum Gasteiger partial charge on any atom is 0.238 e. The van der Waals surface area contributed by atoms with E-state index in [1.54, 1.807) is 6.07 Å². The van der Waals surface area contributed by atoms with Crippen LogP contribution in [-0.4, -0.2) is 43.7 Å². The molecule has 0 radical (unpaired) electrons. The summed E-state index contributed by atoms with van der Waals surface area (Å²) in [5, 5.41) is 2.84. The summed E-state index contributed by atoms with van der Waals surface area (Å²) in [6.45, 7) is 7.60. The smallest absolute Gasteiger partial charge is 0.238 e. The number of amides is 1. The lowest BCUT2D eigenvalue weighted by Crippen LogP contribution is -2.33. The number of ether oxygens (including phenoxy) is 1. The van der Waals surface area contributed by atoms with Gasteiger partial charge in [0, 0.05) is 17.9 Å². The molecule has 5 heteroatoms. The van der Waals surface area contributed by atoms with Gasteiger partial charge in [-0.1, -0.05) is 6.07 Å². The number of nitrogens with one attached hydrogen (secondary N) is 1. The van der Waals surface area contributed by atoms with Crippen molar-refractivity contribution in [3.63, 3.8) is 0 Å². The summed E-state index contributed by atoms with van der Waals surface area (Å²) in [5.74, 6) is -0.0553. The van der Waals surface area contributed by atoms with Crippen molar-refractivity contribution in [2.75, 3.05) is 37.8 Å². The van der Waals surface area contributed by atoms with Gasteiger partial charge in [0.05, 0.1) is 19.3 Å². The van der Waals surface area contributed by atoms with E-state index in [0.29, 0.717) is 18.8 Å². The molecule has 0 saturated heterocycles. The molecular formula is C15H25N3O2. The van der Waals surface area contributed by atoms with Crippen LogP contribution in [0.2, 0.25) is 0 Å². The van der Waals surface area contributed by atoms with E-state index in [4.69, 9.17) is 10.5 Å². The quantitative estimate of drug-likeness (QED) is 0.748. The van der Waals surface area contributed by atoms with Crippen LogP contribution in [0.4, 0.5) is 11.4 Å². The molecule has 0 aromatic heterocycles. The number of carbonyl (C=O) groups is 1. The van der Waals surface area contributed by atoms with E-state index in [1.807, 2.05) is 44.9 Å². The number of anilines is 2. The molecule has 5 nitrogen and oxygen atoms in total. The zero-order valence-corrected chi connectivity index (χ0v) is 12.8. The Balaban J connectivity index is 2.37. The first-order valence-electron chi connectivity index (χ1n) is 6.84. The van der Waals surface area contributed by atoms with Gasteiger partial charge in [-0.05, 0) is 45.5 Å². The first kappa shape index (κ1) is 16.5. The SMILES string of the molecule is Cc1ccc(NC(=O)CN(C)CCOC(C)C)cc1N. The van der Waals surface area contributed by atoms with Crippen LogP contribution in [0.3, 0.4) is 0 Å². The van der Waals surface area contributed by atoms with Crippen LogP contribution in [0, 0.1) is 6.92 Å². The van der Waals surface area contributed by atoms with Crippen LogP contribution in [0.1, 0.15) is 19.4 Å². The summed E-state index contributed by atoms with van der Waals surface area (Å²) in [4.78, 5) is 13.8. The van der Waals surface area contributed by atoms with Crippen molar-refractivity contribution in [3.8, 4) is 0 Å². The fourth-order valence-corrected chi connectivity index (χ4v) is 1.69. The standard InChI is InChI=1S/C15H25N3O2/c1-11(2)20-8-7-18(4)10-15(19)17-13-6-5-12(3)14(16)9-13/h5-6,9,11H,7-8,10,16H2,1-4H3,(H,17,19). The Hall–Kier alpha value is -1.59. The molecule has 0 heterocycles. The summed E-state index contributed by atoms with van der Waals surface area (Å²) < 4.78 is 5.45. The predicted molar refractivity (Wildman–Crippen MR) is 82.8 cm³/mol. The number of carbonyl (C=O) groups excluding carboxylic acids is 1. The third kappa shape index (κ3) is 6.04. The highest BCUT2D eigenvalue weighted by Gasteiger charge is 2.07. The van der Waals surface area contributed by atoms with E-state index in [2.05, 4.69) is 5.32 Å². The number of nitrogens with two attached hydrogens (primary N) is 1. The Kier molecular flexibility index (Phi) is 6.48. The van der Waals surface area contributed by atoms with Gasteiger partial charge < -0.3 is 15.8 Å². The highest BCUT2D eigenvalue weighted by molar-refractivity contribution is 5.92. The number of likely N-dealkylation sites (N-methyl/N-ethyl adjacent to an activating group) is 1. The maximum absolute atomic E-state index is 11.9. The molecule has 112 valence electrons. The van der Waals surface area contributed by atoms with E-state index in [-0.39, 0.29) is 12.0 Å². The second kappa shape index (κ2) is 7.87. The first-order valence-corrected chi connectivity index (χ1v) is 6.84. The summed E-state index contributed by atoms with van der Waals surface area (Å²) in [5.41, 5.74) is 8.23. The fraction of sp³-hybridized carbons (Fsp3) is 0.533. The average molecular weight is 279 g/mol. The molecule has 0 atom stereocenters. The molecule has 20 heavy (non-hydrogen) atoms. The lowest BCUT2D eigenvalue weighted by atomic mass is 10.2. The van der Waals surface area contributed by atoms with E-state index in [0.717, 1.165) is 17.8 Å². The summed E-state index contributed by atoms with van der Waals surface area (Å²) in [7, 11) is 1.90. The molecule has 0 spiro atoms. The highest BCUT2D eigenvalue weighted by atomic mass is 16.5. The molecule has 0 aliphatic carbocycles. The predicted octanol–water partition coefficient (Wildman–Crippen LogP) is 1.87. The lowest BCUT2D eigenvalue weighted by Gasteiger charge is -2.17. The zero-order chi connectivity index (χ0) is 15.1. The van der Waals surface area contributed by atoms with Crippen LogP contribution in [0.5, 0.6) is 0 Å². The van der Waals surface area contributed by atoms with Gasteiger partial charge in [0.15, 0.2) is 0 Å². The van der Waals surface area contributed by atoms with Crippen molar-refractivity contribution >= 4 is 17.3 Å². The average Bonchev–Trinajstić information content (AvgIpc) is 2.33. The molecule has 0 aliphatic rings. The summed E-state index contributed by atoms with van der Waals surface area (Å²) in [6.07, 6.45) is 0.216. The molecule has 0 aliphatic heterocycles. The maximum atomic E-state index is 11.9. The van der Waals surface area contributed by atoms with Gasteiger partial charge in [-0.15, -0.1) is 0 Å². The van der Waals surface area contributed by atoms with Crippen LogP contribution < -0.4 is 11.1 Å². The zero-order valence-electron chi connectivity index (χ0n) is 12.8. The second-order valence-electron chi connectivity index (χ2n) is 5.28. The number of hydrogen-bond donors (Lipinski definition) is 2. The monoisotopic (exact) mass is 279 g/mol. The van der Waals surface area contributed by atoms with E-state index in [1.165, 1.54) is 0 Å². The van der Waals surface area contributed by atoms with Crippen LogP contribution in [-0.2, 0) is 9.53 Å². The normalized spacial score (nSPS) is 11.1. The summed E-state index contributed by atoms with van der Waals surface area (Å²) in [6, 6.07) is 5.52. The number of hydrogen-bond acceptors (Lipinski definition) is 4.